The maximum atomic E-state index is 11.7. The van der Waals surface area contributed by atoms with Crippen molar-refractivity contribution in [2.24, 2.45) is 0 Å². The van der Waals surface area contributed by atoms with E-state index in [1.807, 2.05) is 6.07 Å². The number of anilines is 1. The highest BCUT2D eigenvalue weighted by Crippen LogP contribution is 2.20. The summed E-state index contributed by atoms with van der Waals surface area (Å²) in [7, 11) is 1.53. The normalized spacial score (nSPS) is 11.8. The molecule has 0 bridgehead atoms. The summed E-state index contributed by atoms with van der Waals surface area (Å²) in [5.74, 6) is -1.80. The van der Waals surface area contributed by atoms with Crippen molar-refractivity contribution in [1.82, 2.24) is 10.2 Å². The number of hydrogen-bond donors (Lipinski definition) is 3. The Morgan fingerprint density at radius 2 is 1.91 bits per heavy atom. The van der Waals surface area contributed by atoms with Gasteiger partial charge in [-0.3, -0.25) is 19.3 Å². The number of carbonyl (C=O) groups excluding carboxylic acids is 2. The molecule has 0 saturated carbocycles. The Morgan fingerprint density at radius 1 is 1.27 bits per heavy atom. The number of carboxylic acid groups (broad SMARTS) is 1. The van der Waals surface area contributed by atoms with Gasteiger partial charge in [0, 0.05) is 4.47 Å². The van der Waals surface area contributed by atoms with Crippen LogP contribution in [0.2, 0.25) is 0 Å². The van der Waals surface area contributed by atoms with Crippen molar-refractivity contribution in [3.63, 3.8) is 0 Å². The second-order valence-corrected chi connectivity index (χ2v) is 5.59. The van der Waals surface area contributed by atoms with Gasteiger partial charge in [0.1, 0.15) is 6.04 Å². The maximum absolute atomic E-state index is 11.7. The van der Waals surface area contributed by atoms with Crippen LogP contribution in [0.3, 0.4) is 0 Å². The highest BCUT2D eigenvalue weighted by atomic mass is 79.9. The monoisotopic (exact) mass is 371 g/mol. The van der Waals surface area contributed by atoms with Crippen LogP contribution in [0.25, 0.3) is 0 Å². The molecule has 0 saturated heterocycles. The van der Waals surface area contributed by atoms with E-state index in [-0.39, 0.29) is 19.0 Å². The quantitative estimate of drug-likeness (QED) is 0.661. The molecule has 0 heterocycles. The van der Waals surface area contributed by atoms with Gasteiger partial charge < -0.3 is 15.7 Å². The highest BCUT2D eigenvalue weighted by Gasteiger charge is 2.19. The standard InChI is InChI=1S/C14H18BrN3O4/c1-9(14(21)22)18(2)8-13(20)16-7-12(19)17-11-6-4-3-5-10(11)15/h3-6,9H,7-8H2,1-2H3,(H,16,20)(H,17,19)(H,21,22). The first-order valence-electron chi connectivity index (χ1n) is 6.55. The van der Waals surface area contributed by atoms with Crippen LogP contribution < -0.4 is 10.6 Å². The zero-order chi connectivity index (χ0) is 16.7. The summed E-state index contributed by atoms with van der Waals surface area (Å²) < 4.78 is 0.740. The van der Waals surface area contributed by atoms with Gasteiger partial charge in [-0.05, 0) is 42.0 Å². The van der Waals surface area contributed by atoms with Crippen molar-refractivity contribution in [3.05, 3.63) is 28.7 Å². The fourth-order valence-electron chi connectivity index (χ4n) is 1.54. The molecule has 0 fully saturated rings. The fraction of sp³-hybridized carbons (Fsp3) is 0.357. The van der Waals surface area contributed by atoms with Gasteiger partial charge in [0.15, 0.2) is 0 Å². The Hall–Kier alpha value is -1.93. The van der Waals surface area contributed by atoms with E-state index in [1.165, 1.54) is 18.9 Å². The van der Waals surface area contributed by atoms with Gasteiger partial charge in [0.2, 0.25) is 11.8 Å². The summed E-state index contributed by atoms with van der Waals surface area (Å²) in [4.78, 5) is 35.6. The predicted octanol–water partition coefficient (Wildman–Crippen LogP) is 0.909. The largest absolute Gasteiger partial charge is 0.480 e. The molecular weight excluding hydrogens is 354 g/mol. The van der Waals surface area contributed by atoms with E-state index in [0.717, 1.165) is 4.47 Å². The molecule has 8 heteroatoms. The summed E-state index contributed by atoms with van der Waals surface area (Å²) in [5.41, 5.74) is 0.610. The molecule has 1 rings (SSSR count). The third kappa shape index (κ3) is 5.82. The predicted molar refractivity (Wildman–Crippen MR) is 85.5 cm³/mol. The zero-order valence-corrected chi connectivity index (χ0v) is 13.9. The first-order chi connectivity index (χ1) is 10.3. The zero-order valence-electron chi connectivity index (χ0n) is 12.3. The van der Waals surface area contributed by atoms with E-state index in [4.69, 9.17) is 5.11 Å². The van der Waals surface area contributed by atoms with Crippen LogP contribution in [-0.4, -0.2) is 54.0 Å². The summed E-state index contributed by atoms with van der Waals surface area (Å²) >= 11 is 3.30. The lowest BCUT2D eigenvalue weighted by Crippen LogP contribution is -2.44. The molecule has 1 aromatic carbocycles. The van der Waals surface area contributed by atoms with Gasteiger partial charge in [0.05, 0.1) is 18.8 Å². The molecule has 120 valence electrons. The van der Waals surface area contributed by atoms with E-state index >= 15 is 0 Å². The number of benzene rings is 1. The van der Waals surface area contributed by atoms with E-state index < -0.39 is 17.9 Å². The summed E-state index contributed by atoms with van der Waals surface area (Å²) in [6.45, 7) is 1.19. The molecule has 1 aromatic rings. The lowest BCUT2D eigenvalue weighted by molar-refractivity contribution is -0.142. The summed E-state index contributed by atoms with van der Waals surface area (Å²) in [5, 5.41) is 13.9. The molecule has 22 heavy (non-hydrogen) atoms. The van der Waals surface area contributed by atoms with Gasteiger partial charge in [-0.2, -0.15) is 0 Å². The second kappa shape index (κ2) is 8.50. The molecule has 1 atom stereocenters. The molecule has 1 unspecified atom stereocenters. The lowest BCUT2D eigenvalue weighted by Gasteiger charge is -2.20. The lowest BCUT2D eigenvalue weighted by atomic mass is 10.3. The van der Waals surface area contributed by atoms with Gasteiger partial charge in [-0.25, -0.2) is 0 Å². The van der Waals surface area contributed by atoms with Crippen molar-refractivity contribution >= 4 is 39.4 Å². The number of carboxylic acids is 1. The Labute approximate surface area is 136 Å². The Kier molecular flexibility index (Phi) is 7.00. The third-order valence-electron chi connectivity index (χ3n) is 3.01. The minimum atomic E-state index is -1.01. The number of carbonyl (C=O) groups is 3. The number of halogens is 1. The van der Waals surface area contributed by atoms with Crippen molar-refractivity contribution < 1.29 is 19.5 Å². The molecule has 2 amide bonds. The van der Waals surface area contributed by atoms with E-state index in [2.05, 4.69) is 26.6 Å². The number of amides is 2. The van der Waals surface area contributed by atoms with E-state index in [1.54, 1.807) is 18.2 Å². The molecule has 0 spiro atoms. The maximum Gasteiger partial charge on any atom is 0.320 e. The molecule has 7 nitrogen and oxygen atoms in total. The number of likely N-dealkylation sites (N-methyl/N-ethyl adjacent to an activating group) is 1. The van der Waals surface area contributed by atoms with Gasteiger partial charge in [-0.15, -0.1) is 0 Å². The Bertz CT molecular complexity index is 565. The van der Waals surface area contributed by atoms with Crippen molar-refractivity contribution in [2.75, 3.05) is 25.5 Å². The molecule has 0 aliphatic carbocycles. The Morgan fingerprint density at radius 3 is 2.50 bits per heavy atom. The van der Waals surface area contributed by atoms with Crippen LogP contribution >= 0.6 is 15.9 Å². The smallest absolute Gasteiger partial charge is 0.320 e. The van der Waals surface area contributed by atoms with Crippen LogP contribution in [0, 0.1) is 0 Å². The van der Waals surface area contributed by atoms with Crippen LogP contribution in [0.15, 0.2) is 28.7 Å². The van der Waals surface area contributed by atoms with Gasteiger partial charge >= 0.3 is 5.97 Å². The Balaban J connectivity index is 2.39. The summed E-state index contributed by atoms with van der Waals surface area (Å²) in [6, 6.07) is 6.34. The topological polar surface area (TPSA) is 98.7 Å². The van der Waals surface area contributed by atoms with Crippen LogP contribution in [-0.2, 0) is 14.4 Å². The molecule has 0 aliphatic rings. The van der Waals surface area contributed by atoms with Crippen LogP contribution in [0.4, 0.5) is 5.69 Å². The third-order valence-corrected chi connectivity index (χ3v) is 3.70. The fourth-order valence-corrected chi connectivity index (χ4v) is 1.93. The minimum Gasteiger partial charge on any atom is -0.480 e. The van der Waals surface area contributed by atoms with Crippen molar-refractivity contribution in [2.45, 2.75) is 13.0 Å². The SMILES string of the molecule is CC(C(=O)O)N(C)CC(=O)NCC(=O)Nc1ccccc1Br. The number of para-hydroxylation sites is 1. The number of rotatable bonds is 7. The first-order valence-corrected chi connectivity index (χ1v) is 7.34. The van der Waals surface area contributed by atoms with Gasteiger partial charge in [-0.1, -0.05) is 12.1 Å². The number of aliphatic carboxylic acids is 1. The van der Waals surface area contributed by atoms with Crippen molar-refractivity contribution in [1.29, 1.82) is 0 Å². The molecule has 0 radical (unpaired) electrons. The average molecular weight is 372 g/mol. The van der Waals surface area contributed by atoms with E-state index in [9.17, 15) is 14.4 Å². The van der Waals surface area contributed by atoms with Gasteiger partial charge in [0.25, 0.3) is 0 Å². The molecular formula is C14H18BrN3O4. The first kappa shape index (κ1) is 18.1. The average Bonchev–Trinajstić information content (AvgIpc) is 2.46. The number of hydrogen-bond acceptors (Lipinski definition) is 4. The minimum absolute atomic E-state index is 0.101. The second-order valence-electron chi connectivity index (χ2n) is 4.73. The molecule has 0 aromatic heterocycles. The van der Waals surface area contributed by atoms with E-state index in [0.29, 0.717) is 5.69 Å². The number of nitrogens with one attached hydrogen (secondary N) is 2. The summed E-state index contributed by atoms with van der Waals surface area (Å²) in [6.07, 6.45) is 0. The van der Waals surface area contributed by atoms with Crippen molar-refractivity contribution in [3.8, 4) is 0 Å². The number of nitrogens with zero attached hydrogens (tertiary/aromatic N) is 1. The highest BCUT2D eigenvalue weighted by molar-refractivity contribution is 9.10. The van der Waals surface area contributed by atoms with Crippen LogP contribution in [0.1, 0.15) is 6.92 Å². The molecule has 3 N–H and O–H groups in total. The van der Waals surface area contributed by atoms with Crippen LogP contribution in [0.5, 0.6) is 0 Å². The molecule has 0 aliphatic heterocycles.